The van der Waals surface area contributed by atoms with Gasteiger partial charge in [-0.05, 0) is 91.8 Å². The molecule has 53 heavy (non-hydrogen) atoms. The molecule has 2 amide bonds. The van der Waals surface area contributed by atoms with Crippen molar-refractivity contribution in [2.45, 2.75) is 54.0 Å². The minimum Gasteiger partial charge on any atom is -0.490 e. The standard InChI is InChI=1S/C38H43ClIN5O7S/c1-49-32-8-4-7-27(40)20-53(48,44-35(47)29-18-41-37(51-3)42-36(29)50-2)43-34(46)24-10-14-33-31(17-24)45(19-25-9-12-28(25)32)21-38(22-52-33)15-5-6-23-16-26(39)11-13-30(23)38/h4,8,10-11,13-14,16-18,25,27-28,32H,5-7,9,12,15,19-22H2,1-3H3,(H,43,44,46,47,48)/b8-4+/t25-,27-,28+,32-,38-,53?/m0/s1. The van der Waals surface area contributed by atoms with Gasteiger partial charge in [-0.15, -0.1) is 4.36 Å². The summed E-state index contributed by atoms with van der Waals surface area (Å²) >= 11 is 8.64. The van der Waals surface area contributed by atoms with Gasteiger partial charge in [0.2, 0.25) is 5.88 Å². The number of aryl methyl sites for hydroxylation is 1. The zero-order chi connectivity index (χ0) is 37.3. The van der Waals surface area contributed by atoms with Gasteiger partial charge in [0.05, 0.1) is 44.6 Å². The van der Waals surface area contributed by atoms with E-state index in [2.05, 4.69) is 64.8 Å². The van der Waals surface area contributed by atoms with E-state index in [1.54, 1.807) is 25.3 Å². The number of aromatic nitrogens is 2. The van der Waals surface area contributed by atoms with Gasteiger partial charge < -0.3 is 23.8 Å². The summed E-state index contributed by atoms with van der Waals surface area (Å²) in [4.78, 5) is 38.1. The summed E-state index contributed by atoms with van der Waals surface area (Å²) in [6.07, 6.45) is 10.8. The van der Waals surface area contributed by atoms with Crippen molar-refractivity contribution in [3.05, 3.63) is 82.0 Å². The number of carbonyl (C=O) groups is 2. The Balaban J connectivity index is 1.30. The summed E-state index contributed by atoms with van der Waals surface area (Å²) in [6, 6.07) is 11.4. The third-order valence-corrected chi connectivity index (χ3v) is 14.5. The van der Waals surface area contributed by atoms with Gasteiger partial charge in [-0.2, -0.15) is 4.98 Å². The van der Waals surface area contributed by atoms with E-state index < -0.39 is 21.7 Å². The maximum atomic E-state index is 14.6. The van der Waals surface area contributed by atoms with Gasteiger partial charge in [0.1, 0.15) is 21.2 Å². The molecule has 12 nitrogen and oxygen atoms in total. The van der Waals surface area contributed by atoms with Crippen LogP contribution in [0.4, 0.5) is 5.69 Å². The first-order chi connectivity index (χ1) is 25.5. The second kappa shape index (κ2) is 15.7. The molecule has 4 aliphatic rings. The first-order valence-electron chi connectivity index (χ1n) is 17.7. The summed E-state index contributed by atoms with van der Waals surface area (Å²) in [5.41, 5.74) is 3.17. The van der Waals surface area contributed by atoms with Crippen LogP contribution < -0.4 is 23.8 Å². The molecule has 1 spiro atoms. The molecule has 6 atom stereocenters. The number of hydrogen-bond donors (Lipinski definition) is 1. The predicted octanol–water partition coefficient (Wildman–Crippen LogP) is 6.38. The average Bonchev–Trinajstić information content (AvgIpc) is 3.28. The molecule has 1 unspecified atom stereocenters. The van der Waals surface area contributed by atoms with Crippen LogP contribution in [0.1, 0.15) is 63.9 Å². The molecule has 7 rings (SSSR count). The number of anilines is 1. The van der Waals surface area contributed by atoms with E-state index in [0.29, 0.717) is 37.2 Å². The van der Waals surface area contributed by atoms with Crippen LogP contribution in [-0.2, 0) is 26.5 Å². The van der Waals surface area contributed by atoms with Crippen molar-refractivity contribution >= 4 is 61.6 Å². The summed E-state index contributed by atoms with van der Waals surface area (Å²) in [5.74, 6) is -0.324. The van der Waals surface area contributed by atoms with Crippen LogP contribution in [-0.4, -0.2) is 82.8 Å². The van der Waals surface area contributed by atoms with Gasteiger partial charge in [-0.3, -0.25) is 14.3 Å². The van der Waals surface area contributed by atoms with Gasteiger partial charge in [0.15, 0.2) is 0 Å². The van der Waals surface area contributed by atoms with Gasteiger partial charge in [0, 0.05) is 40.1 Å². The highest BCUT2D eigenvalue weighted by molar-refractivity contribution is 14.1. The summed E-state index contributed by atoms with van der Waals surface area (Å²) in [5, 5.41) is 0.727. The number of fused-ring (bicyclic) bond motifs is 4. The number of rotatable bonds is 5. The van der Waals surface area contributed by atoms with Crippen LogP contribution in [0.25, 0.3) is 0 Å². The zero-order valence-electron chi connectivity index (χ0n) is 29.9. The first-order valence-corrected chi connectivity index (χ1v) is 21.0. The fourth-order valence-corrected chi connectivity index (χ4v) is 11.7. The molecule has 1 saturated carbocycles. The van der Waals surface area contributed by atoms with Crippen molar-refractivity contribution in [1.29, 1.82) is 0 Å². The van der Waals surface area contributed by atoms with Crippen LogP contribution in [0.5, 0.6) is 17.6 Å². The quantitative estimate of drug-likeness (QED) is 0.175. The maximum absolute atomic E-state index is 14.6. The lowest BCUT2D eigenvalue weighted by atomic mass is 9.68. The second-order valence-corrected chi connectivity index (χ2v) is 18.4. The van der Waals surface area contributed by atoms with Crippen molar-refractivity contribution in [3.8, 4) is 17.6 Å². The number of ether oxygens (including phenoxy) is 4. The Labute approximate surface area is 328 Å². The number of benzene rings is 2. The van der Waals surface area contributed by atoms with Crippen LogP contribution in [0, 0.1) is 11.8 Å². The number of methoxy groups -OCH3 is 3. The Hall–Kier alpha value is -3.47. The van der Waals surface area contributed by atoms with E-state index in [4.69, 9.17) is 30.5 Å². The first kappa shape index (κ1) is 37.8. The third kappa shape index (κ3) is 7.87. The molecule has 1 N–H and O–H groups in total. The fourth-order valence-electron chi connectivity index (χ4n) is 8.10. The van der Waals surface area contributed by atoms with Gasteiger partial charge in [-0.1, -0.05) is 52.4 Å². The zero-order valence-corrected chi connectivity index (χ0v) is 33.6. The molecule has 0 radical (unpaired) electrons. The van der Waals surface area contributed by atoms with Crippen molar-refractivity contribution < 1.29 is 32.7 Å². The van der Waals surface area contributed by atoms with E-state index >= 15 is 0 Å². The molecule has 2 bridgehead atoms. The van der Waals surface area contributed by atoms with E-state index in [0.717, 1.165) is 49.4 Å². The molecule has 0 saturated heterocycles. The molecule has 2 aliphatic carbocycles. The van der Waals surface area contributed by atoms with Gasteiger partial charge in [-0.25, -0.2) is 9.19 Å². The van der Waals surface area contributed by atoms with E-state index in [1.165, 1.54) is 31.5 Å². The monoisotopic (exact) mass is 875 g/mol. The molecule has 15 heteroatoms. The normalized spacial score (nSPS) is 28.9. The summed E-state index contributed by atoms with van der Waals surface area (Å²) < 4.78 is 44.2. The van der Waals surface area contributed by atoms with Crippen molar-refractivity contribution in [2.24, 2.45) is 16.2 Å². The van der Waals surface area contributed by atoms with Crippen molar-refractivity contribution in [1.82, 2.24) is 14.7 Å². The number of hydrogen-bond acceptors (Lipinski definition) is 10. The van der Waals surface area contributed by atoms with Gasteiger partial charge >= 0.3 is 6.01 Å². The van der Waals surface area contributed by atoms with E-state index in [-0.39, 0.29) is 44.2 Å². The largest absolute Gasteiger partial charge is 0.490 e. The number of carbonyl (C=O) groups excluding carboxylic acids is 2. The minimum absolute atomic E-state index is 0.00176. The lowest BCUT2D eigenvalue weighted by Crippen LogP contribution is -2.49. The topological polar surface area (TPSA) is 142 Å². The number of nitrogens with zero attached hydrogens (tertiary/aromatic N) is 4. The smallest absolute Gasteiger partial charge is 0.319 e. The molecule has 3 heterocycles. The van der Waals surface area contributed by atoms with Crippen molar-refractivity contribution in [3.63, 3.8) is 0 Å². The highest BCUT2D eigenvalue weighted by Gasteiger charge is 2.44. The van der Waals surface area contributed by atoms with Crippen LogP contribution in [0.3, 0.4) is 0 Å². The molecular formula is C38H43ClIN5O7S. The molecule has 2 aliphatic heterocycles. The number of halogens is 2. The van der Waals surface area contributed by atoms with E-state index in [1.807, 2.05) is 12.1 Å². The van der Waals surface area contributed by atoms with Crippen LogP contribution in [0.2, 0.25) is 5.02 Å². The van der Waals surface area contributed by atoms with Crippen LogP contribution >= 0.6 is 34.2 Å². The molecule has 3 aromatic rings. The Morgan fingerprint density at radius 3 is 2.75 bits per heavy atom. The number of amides is 2. The molecular weight excluding hydrogens is 833 g/mol. The SMILES string of the molecule is COc1ncc(C(=O)NS2(=O)=NC(=O)c3ccc4c(c3)N(C[C@@H]3CC[C@H]3[C@@H](OC)/C=C/C[C@H](I)C2)C[C@@]2(CCCc3cc(Cl)ccc32)CO4)c(OC)n1. The Morgan fingerprint density at radius 2 is 2.00 bits per heavy atom. The lowest BCUT2D eigenvalue weighted by molar-refractivity contribution is 0.0132. The Kier molecular flexibility index (Phi) is 11.2. The Bertz CT molecular complexity index is 2060. The lowest BCUT2D eigenvalue weighted by Gasteiger charge is -2.46. The predicted molar refractivity (Wildman–Crippen MR) is 211 cm³/mol. The Morgan fingerprint density at radius 1 is 1.15 bits per heavy atom. The number of nitrogens with one attached hydrogen (secondary N) is 1. The second-order valence-electron chi connectivity index (χ2n) is 14.2. The molecule has 1 aromatic heterocycles. The molecule has 1 fully saturated rings. The minimum atomic E-state index is -3.68. The summed E-state index contributed by atoms with van der Waals surface area (Å²) in [7, 11) is 0.806. The highest BCUT2D eigenvalue weighted by atomic mass is 127. The van der Waals surface area contributed by atoms with E-state index in [9.17, 15) is 13.8 Å². The average molecular weight is 876 g/mol. The van der Waals surface area contributed by atoms with Gasteiger partial charge in [0.25, 0.3) is 11.8 Å². The molecule has 2 aromatic carbocycles. The summed E-state index contributed by atoms with van der Waals surface area (Å²) in [6.45, 7) is 1.92. The highest BCUT2D eigenvalue weighted by Crippen LogP contribution is 2.47. The van der Waals surface area contributed by atoms with Crippen LogP contribution in [0.15, 0.2) is 59.1 Å². The van der Waals surface area contributed by atoms with Crippen molar-refractivity contribution in [2.75, 3.05) is 51.7 Å². The number of alkyl halides is 1. The molecule has 282 valence electrons. The fraction of sp³-hybridized carbons (Fsp3) is 0.474. The maximum Gasteiger partial charge on any atom is 0.319 e. The number of allylic oxidation sites excluding steroid dienone is 1. The third-order valence-electron chi connectivity index (χ3n) is 10.9.